The lowest BCUT2D eigenvalue weighted by atomic mass is 10.4. The molecule has 0 N–H and O–H groups in total. The molecule has 118 valence electrons. The predicted octanol–water partition coefficient (Wildman–Crippen LogP) is 4.36. The topological polar surface area (TPSA) is 0 Å². The van der Waals surface area contributed by atoms with E-state index in [1.165, 1.54) is 21.0 Å². The van der Waals surface area contributed by atoms with Crippen molar-refractivity contribution in [3.63, 3.8) is 0 Å². The van der Waals surface area contributed by atoms with Crippen LogP contribution in [0.5, 0.6) is 0 Å². The third-order valence-corrected chi connectivity index (χ3v) is 10.7. The Morgan fingerprint density at radius 3 is 1.09 bits per heavy atom. The summed E-state index contributed by atoms with van der Waals surface area (Å²) >= 11 is 6.75. The van der Waals surface area contributed by atoms with Crippen LogP contribution in [-0.2, 0) is 0 Å². The summed E-state index contributed by atoms with van der Waals surface area (Å²) in [4.78, 5) is 0. The molecular weight excluding hydrogens is 339 g/mol. The fourth-order valence-electron chi connectivity index (χ4n) is 2.33. The Morgan fingerprint density at radius 2 is 0.864 bits per heavy atom. The van der Waals surface area contributed by atoms with E-state index in [-0.39, 0.29) is 0 Å². The monoisotopic (exact) mass is 364 g/mol. The first-order valence-electron chi connectivity index (χ1n) is 7.76. The predicted molar refractivity (Wildman–Crippen MR) is 111 cm³/mol. The lowest BCUT2D eigenvalue weighted by Gasteiger charge is -2.19. The molecule has 0 radical (unpaired) electrons. The van der Waals surface area contributed by atoms with Gasteiger partial charge in [0, 0.05) is 0 Å². The first-order valence-corrected chi connectivity index (χ1v) is 17.0. The van der Waals surface area contributed by atoms with Gasteiger partial charge in [0.1, 0.15) is 0 Å². The second kappa shape index (κ2) is 6.61. The van der Waals surface area contributed by atoms with Gasteiger partial charge < -0.3 is 0 Å². The van der Waals surface area contributed by atoms with Gasteiger partial charge in [-0.2, -0.15) is 0 Å². The number of hydrogen-bond donors (Lipinski definition) is 0. The van der Waals surface area contributed by atoms with E-state index in [1.807, 2.05) is 0 Å². The molecule has 0 aliphatic rings. The minimum atomic E-state index is -1.23. The second-order valence-electron chi connectivity index (χ2n) is 7.87. The van der Waals surface area contributed by atoms with E-state index >= 15 is 0 Å². The fraction of sp³-hybridized carbons (Fsp3) is 0.333. The van der Waals surface area contributed by atoms with Crippen LogP contribution >= 0.6 is 18.5 Å². The molecule has 0 spiro atoms. The van der Waals surface area contributed by atoms with Crippen molar-refractivity contribution < 1.29 is 0 Å². The summed E-state index contributed by atoms with van der Waals surface area (Å²) in [6, 6.07) is 18.0. The fourth-order valence-corrected chi connectivity index (χ4v) is 6.46. The molecule has 0 saturated heterocycles. The summed E-state index contributed by atoms with van der Waals surface area (Å²) in [7, 11) is -3.22. The highest BCUT2D eigenvalue weighted by atomic mass is 35.7. The maximum atomic E-state index is 6.75. The number of benzene rings is 2. The van der Waals surface area contributed by atoms with E-state index in [4.69, 9.17) is 11.2 Å². The summed E-state index contributed by atoms with van der Waals surface area (Å²) in [6.07, 6.45) is 0. The third kappa shape index (κ3) is 4.32. The van der Waals surface area contributed by atoms with Crippen molar-refractivity contribution in [2.75, 3.05) is 0 Å². The van der Waals surface area contributed by atoms with Gasteiger partial charge in [-0.05, 0) is 10.6 Å². The zero-order chi connectivity index (χ0) is 16.5. The molecule has 0 aromatic heterocycles. The molecule has 0 unspecified atom stereocenters. The molecule has 0 aliphatic heterocycles. The maximum Gasteiger partial charge on any atom is 0.0775 e. The zero-order valence-electron chi connectivity index (χ0n) is 14.4. The normalized spacial score (nSPS) is 12.7. The van der Waals surface area contributed by atoms with Crippen molar-refractivity contribution in [3.8, 4) is 0 Å². The first-order chi connectivity index (χ1) is 10.1. The van der Waals surface area contributed by atoms with Crippen LogP contribution < -0.4 is 21.0 Å². The molecule has 0 amide bonds. The molecule has 0 atom stereocenters. The van der Waals surface area contributed by atoms with E-state index in [2.05, 4.69) is 87.8 Å². The Bertz CT molecular complexity index is 565. The quantitative estimate of drug-likeness (QED) is 0.558. The average Bonchev–Trinajstić information content (AvgIpc) is 2.45. The molecule has 0 bridgehead atoms. The summed E-state index contributed by atoms with van der Waals surface area (Å²) in [5.74, 6) is 0. The Labute approximate surface area is 143 Å². The number of halogens is 1. The number of hydrogen-bond acceptors (Lipinski definition) is 0. The van der Waals surface area contributed by atoms with Crippen LogP contribution in [0.1, 0.15) is 0 Å². The van der Waals surface area contributed by atoms with Gasteiger partial charge >= 0.3 is 0 Å². The van der Waals surface area contributed by atoms with Crippen molar-refractivity contribution in [1.82, 2.24) is 0 Å². The summed E-state index contributed by atoms with van der Waals surface area (Å²) in [5, 5.41) is 5.48. The molecule has 22 heavy (non-hydrogen) atoms. The van der Waals surface area contributed by atoms with Crippen LogP contribution in [0, 0.1) is 0 Å². The lowest BCUT2D eigenvalue weighted by Crippen LogP contribution is -2.38. The van der Waals surface area contributed by atoms with Gasteiger partial charge in [-0.15, -0.1) is 0 Å². The van der Waals surface area contributed by atoms with E-state index in [9.17, 15) is 0 Å². The van der Waals surface area contributed by atoms with Crippen molar-refractivity contribution in [2.45, 2.75) is 39.3 Å². The summed E-state index contributed by atoms with van der Waals surface area (Å²) < 4.78 is 0. The van der Waals surface area contributed by atoms with Crippen LogP contribution in [0.25, 0.3) is 0 Å². The molecule has 0 saturated carbocycles. The first kappa shape index (κ1) is 17.9. The smallest absolute Gasteiger partial charge is 0.0775 e. The highest BCUT2D eigenvalue weighted by Crippen LogP contribution is 2.38. The van der Waals surface area contributed by atoms with Gasteiger partial charge in [-0.1, -0.05) is 109 Å². The van der Waals surface area contributed by atoms with Crippen LogP contribution in [0.3, 0.4) is 0 Å². The highest BCUT2D eigenvalue weighted by Gasteiger charge is 2.19. The Kier molecular flexibility index (Phi) is 5.39. The SMILES string of the molecule is C[Si](C)(C)c1ccc(P(Cl)c2ccc([Si](C)(C)C)cc2)cc1. The molecule has 2 aromatic carbocycles. The van der Waals surface area contributed by atoms with Crippen molar-refractivity contribution in [1.29, 1.82) is 0 Å². The molecule has 2 rings (SSSR count). The molecule has 4 heteroatoms. The number of rotatable bonds is 4. The zero-order valence-corrected chi connectivity index (χ0v) is 18.1. The van der Waals surface area contributed by atoms with Gasteiger partial charge in [0.05, 0.1) is 23.4 Å². The molecule has 2 aromatic rings. The van der Waals surface area contributed by atoms with Crippen molar-refractivity contribution >= 4 is 55.6 Å². The van der Waals surface area contributed by atoms with E-state index in [0.717, 1.165) is 0 Å². The molecule has 0 nitrogen and oxygen atoms in total. The molecular formula is C18H26ClPSi2. The largest absolute Gasteiger partial charge is 0.0859 e. The van der Waals surface area contributed by atoms with Crippen LogP contribution in [-0.4, -0.2) is 16.1 Å². The standard InChI is InChI=1S/C18H26ClPSi2/c1-21(2,3)17-11-7-15(8-12-17)20(19)16-9-13-18(14-10-16)22(4,5)6/h7-14H,1-6H3. The second-order valence-corrected chi connectivity index (χ2v) is 20.6. The van der Waals surface area contributed by atoms with Crippen LogP contribution in [0.2, 0.25) is 39.3 Å². The Morgan fingerprint density at radius 1 is 0.591 bits per heavy atom. The average molecular weight is 365 g/mol. The summed E-state index contributed by atoms with van der Waals surface area (Å²) in [6.45, 7) is 14.3. The Balaban J connectivity index is 2.23. The van der Waals surface area contributed by atoms with Gasteiger partial charge in [0.15, 0.2) is 0 Å². The maximum absolute atomic E-state index is 6.75. The highest BCUT2D eigenvalue weighted by molar-refractivity contribution is 7.95. The molecule has 0 heterocycles. The van der Waals surface area contributed by atoms with Crippen LogP contribution in [0.4, 0.5) is 0 Å². The minimum Gasteiger partial charge on any atom is -0.0859 e. The summed E-state index contributed by atoms with van der Waals surface area (Å²) in [5.41, 5.74) is 0. The van der Waals surface area contributed by atoms with Gasteiger partial charge in [-0.3, -0.25) is 0 Å². The Hall–Kier alpha value is -0.406. The molecule has 0 aliphatic carbocycles. The minimum absolute atomic E-state index is 0.764. The van der Waals surface area contributed by atoms with E-state index in [1.54, 1.807) is 0 Å². The van der Waals surface area contributed by atoms with E-state index < -0.39 is 23.4 Å². The third-order valence-electron chi connectivity index (χ3n) is 3.92. The van der Waals surface area contributed by atoms with Gasteiger partial charge in [-0.25, -0.2) is 0 Å². The van der Waals surface area contributed by atoms with E-state index in [0.29, 0.717) is 0 Å². The lowest BCUT2D eigenvalue weighted by molar-refractivity contribution is 1.70. The van der Waals surface area contributed by atoms with Gasteiger partial charge in [0.25, 0.3) is 0 Å². The van der Waals surface area contributed by atoms with Crippen molar-refractivity contribution in [2.24, 2.45) is 0 Å². The van der Waals surface area contributed by atoms with Gasteiger partial charge in [0.2, 0.25) is 0 Å². The van der Waals surface area contributed by atoms with Crippen LogP contribution in [0.15, 0.2) is 48.5 Å². The molecule has 0 fully saturated rings. The van der Waals surface area contributed by atoms with Crippen molar-refractivity contribution in [3.05, 3.63) is 48.5 Å².